The van der Waals surface area contributed by atoms with Crippen molar-refractivity contribution in [2.45, 2.75) is 50.3 Å². The molecule has 0 saturated carbocycles. The van der Waals surface area contributed by atoms with Crippen molar-refractivity contribution in [1.29, 1.82) is 0 Å². The lowest BCUT2D eigenvalue weighted by atomic mass is 9.92. The molecule has 0 unspecified atom stereocenters. The van der Waals surface area contributed by atoms with E-state index in [0.717, 1.165) is 6.42 Å². The molecule has 2 saturated heterocycles. The first-order valence-electron chi connectivity index (χ1n) is 9.82. The summed E-state index contributed by atoms with van der Waals surface area (Å²) >= 11 is 1.82. The van der Waals surface area contributed by atoms with Gasteiger partial charge in [0, 0.05) is 12.8 Å². The second kappa shape index (κ2) is 10.1. The number of thioether (sulfide) groups is 2. The lowest BCUT2D eigenvalue weighted by Gasteiger charge is -2.43. The van der Waals surface area contributed by atoms with Gasteiger partial charge < -0.3 is 24.2 Å². The molecule has 3 aliphatic heterocycles. The number of aliphatic hydroxyl groups is 2. The molecule has 2 N–H and O–H groups in total. The topological polar surface area (TPSA) is 136 Å². The Balaban J connectivity index is 1.69. The molecule has 3 aliphatic rings. The van der Waals surface area contributed by atoms with Gasteiger partial charge in [0.25, 0.3) is 0 Å². The third kappa shape index (κ3) is 5.03. The van der Waals surface area contributed by atoms with E-state index in [0.29, 0.717) is 15.7 Å². The maximum absolute atomic E-state index is 12.8. The van der Waals surface area contributed by atoms with Crippen LogP contribution in [0.4, 0.5) is 0 Å². The maximum atomic E-state index is 12.8. The SMILES string of the molecule is CC/C(O)=C(\C)C(=O)OCOC(=O)C1=C(S[C@H]2CC[S@@+]([O-])C2)S[C@@H]2[C@@H]([C@@H](C)O)C(=O)N12. The largest absolute Gasteiger partial charge is 0.616 e. The van der Waals surface area contributed by atoms with Crippen LogP contribution in [0.1, 0.15) is 33.6 Å². The van der Waals surface area contributed by atoms with Crippen molar-refractivity contribution in [3.63, 3.8) is 0 Å². The number of amides is 1. The zero-order valence-corrected chi connectivity index (χ0v) is 19.8. The molecule has 5 atom stereocenters. The molecule has 3 rings (SSSR count). The molecule has 0 aromatic rings. The highest BCUT2D eigenvalue weighted by atomic mass is 32.2. The standard InChI is InChI=1S/C19H25NO8S3/c1-4-12(22)9(2)17(24)27-8-28-18(25)14-19(29-11-5-6-31(26)7-11)30-16-13(10(3)21)15(23)20(14)16/h10-11,13,16,21-22H,4-8H2,1-3H3/b12-9-/t10-,11+,13+,16-,31-/m1/s1. The summed E-state index contributed by atoms with van der Waals surface area (Å²) in [5.41, 5.74) is 0.0942. The van der Waals surface area contributed by atoms with Crippen LogP contribution in [0, 0.1) is 5.92 Å². The monoisotopic (exact) mass is 491 g/mol. The van der Waals surface area contributed by atoms with Crippen LogP contribution < -0.4 is 0 Å². The summed E-state index contributed by atoms with van der Waals surface area (Å²) in [4.78, 5) is 38.5. The van der Waals surface area contributed by atoms with E-state index >= 15 is 0 Å². The number of esters is 2. The lowest BCUT2D eigenvalue weighted by molar-refractivity contribution is -0.167. The Morgan fingerprint density at radius 2 is 2.13 bits per heavy atom. The van der Waals surface area contributed by atoms with E-state index < -0.39 is 47.3 Å². The molecule has 2 fully saturated rings. The third-order valence-electron chi connectivity index (χ3n) is 5.23. The number of rotatable bonds is 8. The quantitative estimate of drug-likeness (QED) is 0.129. The number of β-lactam (4-membered cyclic amide) rings is 1. The van der Waals surface area contributed by atoms with Crippen LogP contribution in [-0.2, 0) is 35.0 Å². The van der Waals surface area contributed by atoms with Crippen LogP contribution in [0.5, 0.6) is 0 Å². The molecule has 172 valence electrons. The highest BCUT2D eigenvalue weighted by Crippen LogP contribution is 2.55. The summed E-state index contributed by atoms with van der Waals surface area (Å²) < 4.78 is 22.3. The van der Waals surface area contributed by atoms with Crippen molar-refractivity contribution >= 4 is 52.5 Å². The molecule has 31 heavy (non-hydrogen) atoms. The second-order valence-corrected chi connectivity index (χ2v) is 11.7. The van der Waals surface area contributed by atoms with Crippen LogP contribution in [0.25, 0.3) is 0 Å². The summed E-state index contributed by atoms with van der Waals surface area (Å²) in [5, 5.41) is 19.2. The normalized spacial score (nSPS) is 29.3. The van der Waals surface area contributed by atoms with E-state index in [4.69, 9.17) is 9.47 Å². The third-order valence-corrected chi connectivity index (χ3v) is 9.78. The number of hydrogen-bond acceptors (Lipinski definition) is 10. The smallest absolute Gasteiger partial charge is 0.359 e. The van der Waals surface area contributed by atoms with E-state index in [1.54, 1.807) is 6.92 Å². The first-order chi connectivity index (χ1) is 14.6. The highest BCUT2D eigenvalue weighted by Gasteiger charge is 2.58. The molecule has 0 radical (unpaired) electrons. The van der Waals surface area contributed by atoms with Gasteiger partial charge in [-0.2, -0.15) is 0 Å². The minimum Gasteiger partial charge on any atom is -0.616 e. The van der Waals surface area contributed by atoms with Gasteiger partial charge in [-0.15, -0.1) is 11.8 Å². The van der Waals surface area contributed by atoms with Crippen LogP contribution in [0.15, 0.2) is 21.3 Å². The van der Waals surface area contributed by atoms with E-state index in [1.807, 2.05) is 0 Å². The molecule has 9 nitrogen and oxygen atoms in total. The fourth-order valence-electron chi connectivity index (χ4n) is 3.40. The average Bonchev–Trinajstić information content (AvgIpc) is 3.27. The minimum absolute atomic E-state index is 0.0254. The predicted octanol–water partition coefficient (Wildman–Crippen LogP) is 1.61. The van der Waals surface area contributed by atoms with Gasteiger partial charge in [0.15, 0.2) is 5.70 Å². The minimum atomic E-state index is -0.889. The fourth-order valence-corrected chi connectivity index (χ4v) is 8.65. The summed E-state index contributed by atoms with van der Waals surface area (Å²) in [6.07, 6.45) is 0.149. The number of fused-ring (bicyclic) bond motifs is 1. The Morgan fingerprint density at radius 3 is 2.71 bits per heavy atom. The first-order valence-corrected chi connectivity index (χ1v) is 13.1. The summed E-state index contributed by atoms with van der Waals surface area (Å²) in [7, 11) is 0. The van der Waals surface area contributed by atoms with E-state index in [1.165, 1.54) is 42.3 Å². The Labute approximate surface area is 191 Å². The Kier molecular flexibility index (Phi) is 7.90. The van der Waals surface area contributed by atoms with Crippen molar-refractivity contribution in [3.05, 3.63) is 21.3 Å². The van der Waals surface area contributed by atoms with E-state index in [2.05, 4.69) is 0 Å². The molecule has 0 aliphatic carbocycles. The van der Waals surface area contributed by atoms with E-state index in [9.17, 15) is 29.1 Å². The van der Waals surface area contributed by atoms with Crippen molar-refractivity contribution in [2.75, 3.05) is 18.3 Å². The molecule has 0 bridgehead atoms. The number of nitrogens with zero attached hydrogens (tertiary/aromatic N) is 1. The van der Waals surface area contributed by atoms with Gasteiger partial charge in [-0.05, 0) is 13.8 Å². The first kappa shape index (κ1) is 24.3. The van der Waals surface area contributed by atoms with Gasteiger partial charge in [0.05, 0.1) is 27.1 Å². The van der Waals surface area contributed by atoms with Gasteiger partial charge in [-0.25, -0.2) is 9.59 Å². The van der Waals surface area contributed by atoms with Crippen LogP contribution in [-0.4, -0.2) is 72.5 Å². The number of hydrogen-bond donors (Lipinski definition) is 2. The van der Waals surface area contributed by atoms with Crippen molar-refractivity contribution in [1.82, 2.24) is 4.90 Å². The van der Waals surface area contributed by atoms with Crippen LogP contribution in [0.2, 0.25) is 0 Å². The Hall–Kier alpha value is -1.34. The van der Waals surface area contributed by atoms with Crippen molar-refractivity contribution in [3.8, 4) is 0 Å². The van der Waals surface area contributed by atoms with Gasteiger partial charge in [0.2, 0.25) is 12.7 Å². The van der Waals surface area contributed by atoms with Crippen LogP contribution >= 0.6 is 23.5 Å². The van der Waals surface area contributed by atoms with Crippen molar-refractivity contribution < 1.29 is 38.6 Å². The number of allylic oxidation sites excluding steroid dienone is 1. The summed E-state index contributed by atoms with van der Waals surface area (Å²) in [6, 6.07) is 0. The zero-order chi connectivity index (χ0) is 22.9. The molecule has 0 aromatic carbocycles. The summed E-state index contributed by atoms with van der Waals surface area (Å²) in [5.74, 6) is -1.61. The number of carbonyl (C=O) groups is 3. The fraction of sp³-hybridized carbons (Fsp3) is 0.632. The molecule has 12 heteroatoms. The van der Waals surface area contributed by atoms with Crippen molar-refractivity contribution in [2.24, 2.45) is 5.92 Å². The van der Waals surface area contributed by atoms with E-state index in [-0.39, 0.29) is 34.6 Å². The predicted molar refractivity (Wildman–Crippen MR) is 117 cm³/mol. The summed E-state index contributed by atoms with van der Waals surface area (Å²) in [6.45, 7) is 3.94. The molecule has 0 spiro atoms. The Morgan fingerprint density at radius 1 is 1.42 bits per heavy atom. The van der Waals surface area contributed by atoms with Gasteiger partial charge in [-0.1, -0.05) is 29.9 Å². The zero-order valence-electron chi connectivity index (χ0n) is 17.4. The molecule has 3 heterocycles. The molecule has 1 amide bonds. The number of aliphatic hydroxyl groups excluding tert-OH is 2. The van der Waals surface area contributed by atoms with Gasteiger partial charge in [-0.3, -0.25) is 9.69 Å². The van der Waals surface area contributed by atoms with Gasteiger partial charge >= 0.3 is 11.9 Å². The number of carbonyl (C=O) groups excluding carboxylic acids is 3. The number of ether oxygens (including phenoxy) is 2. The maximum Gasteiger partial charge on any atom is 0.359 e. The molecule has 0 aromatic heterocycles. The average molecular weight is 492 g/mol. The lowest BCUT2D eigenvalue weighted by Crippen LogP contribution is -2.60. The molecular formula is C19H25NO8S3. The Bertz CT molecular complexity index is 827. The van der Waals surface area contributed by atoms with Gasteiger partial charge in [0.1, 0.15) is 22.6 Å². The molecular weight excluding hydrogens is 466 g/mol. The highest BCUT2D eigenvalue weighted by molar-refractivity contribution is 8.23. The second-order valence-electron chi connectivity index (χ2n) is 7.36. The van der Waals surface area contributed by atoms with Crippen LogP contribution in [0.3, 0.4) is 0 Å².